The van der Waals surface area contributed by atoms with E-state index in [9.17, 15) is 0 Å². The molecule has 0 saturated heterocycles. The van der Waals surface area contributed by atoms with E-state index in [-0.39, 0.29) is 7.43 Å². The van der Waals surface area contributed by atoms with Crippen LogP contribution in [0.3, 0.4) is 0 Å². The molecule has 0 fully saturated rings. The van der Waals surface area contributed by atoms with Crippen molar-refractivity contribution in [2.24, 2.45) is 0 Å². The summed E-state index contributed by atoms with van der Waals surface area (Å²) in [7, 11) is 0. The van der Waals surface area contributed by atoms with Crippen LogP contribution in [0.5, 0.6) is 0 Å². The SMILES string of the molecule is [CH2-]CC.[CH3+]. The van der Waals surface area contributed by atoms with Crippen molar-refractivity contribution in [2.75, 3.05) is 0 Å². The van der Waals surface area contributed by atoms with Gasteiger partial charge in [0.05, 0.1) is 0 Å². The minimum atomic E-state index is 0. The van der Waals surface area contributed by atoms with Crippen molar-refractivity contribution < 1.29 is 0 Å². The van der Waals surface area contributed by atoms with Gasteiger partial charge in [-0.1, -0.05) is 6.92 Å². The van der Waals surface area contributed by atoms with Crippen LogP contribution in [-0.4, -0.2) is 0 Å². The van der Waals surface area contributed by atoms with Gasteiger partial charge >= 0.3 is 0 Å². The first-order valence-electron chi connectivity index (χ1n) is 1.21. The van der Waals surface area contributed by atoms with Crippen LogP contribution in [0.2, 0.25) is 0 Å². The van der Waals surface area contributed by atoms with Crippen LogP contribution in [0.25, 0.3) is 0 Å². The number of hydrogen-bond acceptors (Lipinski definition) is 0. The van der Waals surface area contributed by atoms with Gasteiger partial charge < -0.3 is 6.92 Å². The molecule has 0 nitrogen and oxygen atoms in total. The summed E-state index contributed by atoms with van der Waals surface area (Å²) in [6.45, 7) is 5.50. The van der Waals surface area contributed by atoms with Crippen LogP contribution in [0.15, 0.2) is 0 Å². The molecule has 0 unspecified atom stereocenters. The highest BCUT2D eigenvalue weighted by molar-refractivity contribution is 4.18. The standard InChI is InChI=1S/C3H7.CH3/c1-3-2;/h1,3H2,2H3;1H3/q-1;+1. The zero-order valence-electron chi connectivity index (χ0n) is 3.41. The minimum absolute atomic E-state index is 0. The van der Waals surface area contributed by atoms with Gasteiger partial charge in [-0.05, 0) is 0 Å². The van der Waals surface area contributed by atoms with Crippen LogP contribution in [0.4, 0.5) is 0 Å². The molecule has 0 N–H and O–H groups in total. The maximum Gasteiger partial charge on any atom is 0.0467 e. The van der Waals surface area contributed by atoms with Gasteiger partial charge in [-0.15, -0.1) is 0 Å². The van der Waals surface area contributed by atoms with E-state index in [0.29, 0.717) is 0 Å². The molecule has 0 aromatic heterocycles. The molecule has 0 atom stereocenters. The van der Waals surface area contributed by atoms with Gasteiger partial charge in [0.15, 0.2) is 0 Å². The van der Waals surface area contributed by atoms with E-state index in [1.165, 1.54) is 0 Å². The fourth-order valence-electron chi connectivity index (χ4n) is 0. The molecule has 0 aromatic rings. The van der Waals surface area contributed by atoms with Gasteiger partial charge in [-0.3, -0.25) is 0 Å². The predicted molar refractivity (Wildman–Crippen MR) is 22.1 cm³/mol. The first-order valence-corrected chi connectivity index (χ1v) is 1.21. The predicted octanol–water partition coefficient (Wildman–Crippen LogP) is 1.68. The average Bonchev–Trinajstić information content (AvgIpc) is 0.918. The van der Waals surface area contributed by atoms with Crippen molar-refractivity contribution >= 4 is 0 Å². The van der Waals surface area contributed by atoms with Crippen LogP contribution >= 0.6 is 0 Å². The lowest BCUT2D eigenvalue weighted by Crippen LogP contribution is -1.29. The highest BCUT2D eigenvalue weighted by atomic mass is 13.4. The fraction of sp³-hybridized carbons (Fsp3) is 0.500. The lowest BCUT2D eigenvalue weighted by Gasteiger charge is -1.62. The Morgan fingerprint density at radius 3 is 1.75 bits per heavy atom. The summed E-state index contributed by atoms with van der Waals surface area (Å²) in [5.74, 6) is 0. The molecule has 0 aromatic carbocycles. The monoisotopic (exact) mass is 58.1 g/mol. The Morgan fingerprint density at radius 2 is 1.75 bits per heavy atom. The van der Waals surface area contributed by atoms with Crippen LogP contribution in [-0.2, 0) is 0 Å². The summed E-state index contributed by atoms with van der Waals surface area (Å²) >= 11 is 0. The molecule has 4 heavy (non-hydrogen) atoms. The molecule has 0 aliphatic rings. The summed E-state index contributed by atoms with van der Waals surface area (Å²) in [6, 6.07) is 0. The van der Waals surface area contributed by atoms with Crippen molar-refractivity contribution in [3.05, 3.63) is 14.4 Å². The van der Waals surface area contributed by atoms with Gasteiger partial charge in [-0.2, -0.15) is 6.42 Å². The van der Waals surface area contributed by atoms with E-state index in [1.54, 1.807) is 0 Å². The molecule has 26 valence electrons. The Morgan fingerprint density at radius 1 is 1.75 bits per heavy atom. The maximum atomic E-state index is 3.49. The van der Waals surface area contributed by atoms with Gasteiger partial charge in [0.25, 0.3) is 0 Å². The van der Waals surface area contributed by atoms with Crippen molar-refractivity contribution in [3.63, 3.8) is 0 Å². The van der Waals surface area contributed by atoms with Gasteiger partial charge in [0.2, 0.25) is 0 Å². The van der Waals surface area contributed by atoms with Gasteiger partial charge in [-0.25, -0.2) is 0 Å². The molecular formula is C4H10. The summed E-state index contributed by atoms with van der Waals surface area (Å²) < 4.78 is 0. The molecule has 0 rings (SSSR count). The first-order chi connectivity index (χ1) is 1.41. The second-order valence-electron chi connectivity index (χ2n) is 0.500. The quantitative estimate of drug-likeness (QED) is 0.372. The summed E-state index contributed by atoms with van der Waals surface area (Å²) in [5.41, 5.74) is 0. The third-order valence-electron chi connectivity index (χ3n) is 0. The molecule has 0 heterocycles. The van der Waals surface area contributed by atoms with Crippen molar-refractivity contribution in [1.29, 1.82) is 0 Å². The molecular weight excluding hydrogens is 48.0 g/mol. The second kappa shape index (κ2) is 13.3. The first kappa shape index (κ1) is 9.12. The van der Waals surface area contributed by atoms with Gasteiger partial charge in [0, 0.05) is 7.43 Å². The molecule has 0 radical (unpaired) electrons. The molecule has 0 bridgehead atoms. The lowest BCUT2D eigenvalue weighted by atomic mass is 10.6. The summed E-state index contributed by atoms with van der Waals surface area (Å²) in [5, 5.41) is 0. The topological polar surface area (TPSA) is 0 Å². The van der Waals surface area contributed by atoms with E-state index in [4.69, 9.17) is 0 Å². The zero-order chi connectivity index (χ0) is 2.71. The molecule has 0 aliphatic carbocycles. The Balaban J connectivity index is 0. The summed E-state index contributed by atoms with van der Waals surface area (Å²) in [6.07, 6.45) is 1.00. The van der Waals surface area contributed by atoms with E-state index >= 15 is 0 Å². The molecule has 0 heteroatoms. The Bertz CT molecular complexity index is 0. The third-order valence-corrected chi connectivity index (χ3v) is 0. The molecule has 0 aliphatic heterocycles. The zero-order valence-corrected chi connectivity index (χ0v) is 3.41. The van der Waals surface area contributed by atoms with Crippen LogP contribution in [0.1, 0.15) is 13.3 Å². The average molecular weight is 58.1 g/mol. The smallest absolute Gasteiger partial charge is 0.0467 e. The van der Waals surface area contributed by atoms with E-state index in [1.807, 2.05) is 6.92 Å². The Hall–Kier alpha value is -0.130. The van der Waals surface area contributed by atoms with E-state index < -0.39 is 0 Å². The minimum Gasteiger partial charge on any atom is -0.344 e. The van der Waals surface area contributed by atoms with Crippen LogP contribution in [0, 0.1) is 14.4 Å². The van der Waals surface area contributed by atoms with Gasteiger partial charge in [0.1, 0.15) is 0 Å². The Kier molecular flexibility index (Phi) is 30.2. The highest BCUT2D eigenvalue weighted by Gasteiger charge is 1.22. The van der Waals surface area contributed by atoms with Crippen LogP contribution < -0.4 is 0 Å². The molecule has 0 amide bonds. The van der Waals surface area contributed by atoms with E-state index in [0.717, 1.165) is 6.42 Å². The maximum absolute atomic E-state index is 3.49. The highest BCUT2D eigenvalue weighted by Crippen LogP contribution is 1.54. The van der Waals surface area contributed by atoms with Crippen molar-refractivity contribution in [2.45, 2.75) is 13.3 Å². The third kappa shape index (κ3) is 83.8. The van der Waals surface area contributed by atoms with Crippen molar-refractivity contribution in [1.82, 2.24) is 0 Å². The normalized spacial score (nSPS) is 4.50. The molecule has 0 saturated carbocycles. The second-order valence-corrected chi connectivity index (χ2v) is 0.500. The number of rotatable bonds is 0. The van der Waals surface area contributed by atoms with E-state index in [2.05, 4.69) is 6.92 Å². The van der Waals surface area contributed by atoms with Crippen molar-refractivity contribution in [3.8, 4) is 0 Å². The number of hydrogen-bond donors (Lipinski definition) is 0. The fourth-order valence-corrected chi connectivity index (χ4v) is 0. The Labute approximate surface area is 28.8 Å². The lowest BCUT2D eigenvalue weighted by molar-refractivity contribution is 1.23. The summed E-state index contributed by atoms with van der Waals surface area (Å²) in [4.78, 5) is 0. The molecule has 0 spiro atoms. The largest absolute Gasteiger partial charge is 0.344 e.